The first-order valence-electron chi connectivity index (χ1n) is 3.97. The zero-order valence-corrected chi connectivity index (χ0v) is 7.60. The van der Waals surface area contributed by atoms with Gasteiger partial charge in [-0.2, -0.15) is 0 Å². The van der Waals surface area contributed by atoms with Gasteiger partial charge < -0.3 is 5.11 Å². The molecule has 1 fully saturated rings. The Morgan fingerprint density at radius 1 is 1.75 bits per heavy atom. The molecule has 2 nitrogen and oxygen atoms in total. The van der Waals surface area contributed by atoms with Crippen molar-refractivity contribution in [2.45, 2.75) is 19.3 Å². The van der Waals surface area contributed by atoms with Crippen LogP contribution in [0.25, 0.3) is 0 Å². The van der Waals surface area contributed by atoms with Crippen molar-refractivity contribution in [3.05, 3.63) is 21.9 Å². The Balaban J connectivity index is 2.15. The van der Waals surface area contributed by atoms with Gasteiger partial charge in [0.15, 0.2) is 0 Å². The lowest BCUT2D eigenvalue weighted by molar-refractivity contribution is -0.138. The molecule has 0 bridgehead atoms. The van der Waals surface area contributed by atoms with Crippen molar-refractivity contribution in [2.24, 2.45) is 5.92 Å². The van der Waals surface area contributed by atoms with Crippen LogP contribution in [0.2, 0.25) is 0 Å². The molecule has 2 rings (SSSR count). The second kappa shape index (κ2) is 2.59. The van der Waals surface area contributed by atoms with E-state index < -0.39 is 5.97 Å². The Morgan fingerprint density at radius 2 is 2.50 bits per heavy atom. The molecule has 1 saturated carbocycles. The summed E-state index contributed by atoms with van der Waals surface area (Å²) in [7, 11) is 0. The SMILES string of the molecule is Cc1ccsc1C1CC1C(=O)O. The van der Waals surface area contributed by atoms with E-state index in [1.165, 1.54) is 10.4 Å². The quantitative estimate of drug-likeness (QED) is 0.761. The Hall–Kier alpha value is -0.830. The summed E-state index contributed by atoms with van der Waals surface area (Å²) in [4.78, 5) is 11.8. The Bertz CT molecular complexity index is 316. The average molecular weight is 182 g/mol. The van der Waals surface area contributed by atoms with Crippen LogP contribution in [0, 0.1) is 12.8 Å². The molecule has 1 aliphatic rings. The minimum absolute atomic E-state index is 0.109. The first kappa shape index (κ1) is 7.80. The van der Waals surface area contributed by atoms with Gasteiger partial charge in [0, 0.05) is 10.8 Å². The Kier molecular flexibility index (Phi) is 1.68. The third-order valence-corrected chi connectivity index (χ3v) is 3.50. The third-order valence-electron chi connectivity index (χ3n) is 2.35. The highest BCUT2D eigenvalue weighted by Crippen LogP contribution is 2.50. The molecule has 0 spiro atoms. The van der Waals surface area contributed by atoms with Gasteiger partial charge in [0.2, 0.25) is 0 Å². The summed E-state index contributed by atoms with van der Waals surface area (Å²) in [5, 5.41) is 10.7. The molecule has 1 aliphatic carbocycles. The van der Waals surface area contributed by atoms with Crippen molar-refractivity contribution in [3.63, 3.8) is 0 Å². The van der Waals surface area contributed by atoms with Crippen LogP contribution in [-0.4, -0.2) is 11.1 Å². The summed E-state index contributed by atoms with van der Waals surface area (Å²) in [5.74, 6) is -0.447. The van der Waals surface area contributed by atoms with Gasteiger partial charge in [0.25, 0.3) is 0 Å². The van der Waals surface area contributed by atoms with Crippen LogP contribution in [0.1, 0.15) is 22.8 Å². The fourth-order valence-electron chi connectivity index (χ4n) is 1.52. The Morgan fingerprint density at radius 3 is 2.92 bits per heavy atom. The number of carboxylic acids is 1. The van der Waals surface area contributed by atoms with E-state index in [9.17, 15) is 4.79 Å². The number of hydrogen-bond acceptors (Lipinski definition) is 2. The van der Waals surface area contributed by atoms with E-state index >= 15 is 0 Å². The summed E-state index contributed by atoms with van der Waals surface area (Å²) >= 11 is 1.68. The second-order valence-corrected chi connectivity index (χ2v) is 4.20. The summed E-state index contributed by atoms with van der Waals surface area (Å²) in [5.41, 5.74) is 1.24. The van der Waals surface area contributed by atoms with Gasteiger partial charge in [-0.05, 0) is 30.4 Å². The first-order chi connectivity index (χ1) is 5.70. The van der Waals surface area contributed by atoms with Crippen molar-refractivity contribution in [1.82, 2.24) is 0 Å². The molecule has 0 aliphatic heterocycles. The predicted molar refractivity (Wildman–Crippen MR) is 47.5 cm³/mol. The lowest BCUT2D eigenvalue weighted by atomic mass is 10.2. The molecule has 0 amide bonds. The molecule has 2 unspecified atom stereocenters. The maximum atomic E-state index is 10.6. The van der Waals surface area contributed by atoms with Gasteiger partial charge in [0.1, 0.15) is 0 Å². The molecule has 0 radical (unpaired) electrons. The van der Waals surface area contributed by atoms with Gasteiger partial charge in [-0.15, -0.1) is 11.3 Å². The van der Waals surface area contributed by atoms with Crippen LogP contribution in [0.4, 0.5) is 0 Å². The molecular formula is C9H10O2S. The lowest BCUT2D eigenvalue weighted by Crippen LogP contribution is -1.98. The van der Waals surface area contributed by atoms with E-state index in [2.05, 4.69) is 6.07 Å². The molecule has 64 valence electrons. The van der Waals surface area contributed by atoms with Crippen molar-refractivity contribution in [3.8, 4) is 0 Å². The molecule has 1 aromatic rings. The summed E-state index contributed by atoms with van der Waals surface area (Å²) in [6.07, 6.45) is 0.830. The standard InChI is InChI=1S/C9H10O2S/c1-5-2-3-12-8(5)6-4-7(6)9(10)11/h2-3,6-7H,4H2,1H3,(H,10,11). The summed E-state index contributed by atoms with van der Waals surface area (Å²) in [6, 6.07) is 2.05. The van der Waals surface area contributed by atoms with E-state index in [4.69, 9.17) is 5.11 Å². The van der Waals surface area contributed by atoms with E-state index in [1.807, 2.05) is 12.3 Å². The molecule has 0 saturated heterocycles. The molecule has 12 heavy (non-hydrogen) atoms. The fraction of sp³-hybridized carbons (Fsp3) is 0.444. The maximum Gasteiger partial charge on any atom is 0.307 e. The maximum absolute atomic E-state index is 10.6. The Labute approximate surface area is 74.8 Å². The molecular weight excluding hydrogens is 172 g/mol. The summed E-state index contributed by atoms with van der Waals surface area (Å²) < 4.78 is 0. The van der Waals surface area contributed by atoms with Crippen molar-refractivity contribution < 1.29 is 9.90 Å². The zero-order valence-electron chi connectivity index (χ0n) is 6.78. The van der Waals surface area contributed by atoms with Gasteiger partial charge in [0.05, 0.1) is 5.92 Å². The smallest absolute Gasteiger partial charge is 0.307 e. The van der Waals surface area contributed by atoms with Crippen LogP contribution >= 0.6 is 11.3 Å². The highest BCUT2D eigenvalue weighted by atomic mass is 32.1. The van der Waals surface area contributed by atoms with Crippen molar-refractivity contribution in [1.29, 1.82) is 0 Å². The number of thiophene rings is 1. The minimum Gasteiger partial charge on any atom is -0.481 e. The molecule has 1 heterocycles. The van der Waals surface area contributed by atoms with E-state index in [1.54, 1.807) is 11.3 Å². The number of aliphatic carboxylic acids is 1. The number of carboxylic acid groups (broad SMARTS) is 1. The van der Waals surface area contributed by atoms with E-state index in [0.717, 1.165) is 6.42 Å². The van der Waals surface area contributed by atoms with Gasteiger partial charge in [-0.25, -0.2) is 0 Å². The van der Waals surface area contributed by atoms with Crippen molar-refractivity contribution >= 4 is 17.3 Å². The second-order valence-electron chi connectivity index (χ2n) is 3.25. The van der Waals surface area contributed by atoms with Gasteiger partial charge in [-0.1, -0.05) is 0 Å². The molecule has 1 N–H and O–H groups in total. The third kappa shape index (κ3) is 1.14. The van der Waals surface area contributed by atoms with E-state index in [-0.39, 0.29) is 5.92 Å². The molecule has 3 heteroatoms. The molecule has 1 aromatic heterocycles. The zero-order chi connectivity index (χ0) is 8.72. The average Bonchev–Trinajstić information content (AvgIpc) is 2.70. The van der Waals surface area contributed by atoms with Crippen LogP contribution in [0.5, 0.6) is 0 Å². The van der Waals surface area contributed by atoms with Crippen LogP contribution in [-0.2, 0) is 4.79 Å². The van der Waals surface area contributed by atoms with Crippen molar-refractivity contribution in [2.75, 3.05) is 0 Å². The lowest BCUT2D eigenvalue weighted by Gasteiger charge is -1.94. The number of carbonyl (C=O) groups is 1. The predicted octanol–water partition coefficient (Wildman–Crippen LogP) is 2.24. The number of rotatable bonds is 2. The molecule has 2 atom stereocenters. The minimum atomic E-state index is -0.646. The largest absolute Gasteiger partial charge is 0.481 e. The highest BCUT2D eigenvalue weighted by molar-refractivity contribution is 7.10. The van der Waals surface area contributed by atoms with Gasteiger partial charge in [-0.3, -0.25) is 4.79 Å². The normalized spacial score (nSPS) is 27.1. The first-order valence-corrected chi connectivity index (χ1v) is 4.85. The van der Waals surface area contributed by atoms with Crippen LogP contribution in [0.3, 0.4) is 0 Å². The number of aryl methyl sites for hydroxylation is 1. The van der Waals surface area contributed by atoms with Crippen LogP contribution < -0.4 is 0 Å². The topological polar surface area (TPSA) is 37.3 Å². The van der Waals surface area contributed by atoms with Crippen LogP contribution in [0.15, 0.2) is 11.4 Å². The molecule has 0 aromatic carbocycles. The highest BCUT2D eigenvalue weighted by Gasteiger charge is 2.45. The summed E-state index contributed by atoms with van der Waals surface area (Å²) in [6.45, 7) is 2.04. The van der Waals surface area contributed by atoms with E-state index in [0.29, 0.717) is 5.92 Å². The monoisotopic (exact) mass is 182 g/mol. The fourth-order valence-corrected chi connectivity index (χ4v) is 2.63. The van der Waals surface area contributed by atoms with Gasteiger partial charge >= 0.3 is 5.97 Å². The number of hydrogen-bond donors (Lipinski definition) is 1.